The summed E-state index contributed by atoms with van der Waals surface area (Å²) in [6.07, 6.45) is 2.58. The second-order valence-corrected chi connectivity index (χ2v) is 5.12. The van der Waals surface area contributed by atoms with Gasteiger partial charge >= 0.3 is 5.97 Å². The molecule has 6 nitrogen and oxygen atoms in total. The molecule has 2 rings (SSSR count). The first-order chi connectivity index (χ1) is 11.5. The van der Waals surface area contributed by atoms with Crippen molar-refractivity contribution in [3.05, 3.63) is 80.4 Å². The molecule has 0 atom stereocenters. The molecule has 0 bridgehead atoms. The van der Waals surface area contributed by atoms with Crippen LogP contribution in [0.2, 0.25) is 5.02 Å². The first-order valence-electron chi connectivity index (χ1n) is 6.77. The van der Waals surface area contributed by atoms with Crippen LogP contribution in [0.1, 0.15) is 16.7 Å². The van der Waals surface area contributed by atoms with Gasteiger partial charge in [0.1, 0.15) is 11.6 Å². The lowest BCUT2D eigenvalue weighted by Gasteiger charge is -2.02. The highest BCUT2D eigenvalue weighted by molar-refractivity contribution is 6.32. The molecule has 0 radical (unpaired) electrons. The van der Waals surface area contributed by atoms with Crippen LogP contribution in [0.25, 0.3) is 6.08 Å². The minimum atomic E-state index is -0.594. The summed E-state index contributed by atoms with van der Waals surface area (Å²) >= 11 is 5.72. The van der Waals surface area contributed by atoms with Crippen LogP contribution in [-0.2, 0) is 16.1 Å². The van der Waals surface area contributed by atoms with E-state index in [0.717, 1.165) is 5.56 Å². The summed E-state index contributed by atoms with van der Waals surface area (Å²) in [6.45, 7) is 0.0651. The highest BCUT2D eigenvalue weighted by Crippen LogP contribution is 2.25. The number of nitrogens with zero attached hydrogens (tertiary/aromatic N) is 2. The number of rotatable bonds is 5. The Morgan fingerprint density at radius 1 is 1.29 bits per heavy atom. The van der Waals surface area contributed by atoms with E-state index in [9.17, 15) is 14.9 Å². The van der Waals surface area contributed by atoms with Gasteiger partial charge in [-0.3, -0.25) is 10.1 Å². The maximum atomic E-state index is 11.7. The van der Waals surface area contributed by atoms with Crippen LogP contribution in [-0.4, -0.2) is 10.9 Å². The molecule has 0 aliphatic carbocycles. The van der Waals surface area contributed by atoms with Crippen molar-refractivity contribution in [2.45, 2.75) is 6.61 Å². The number of benzene rings is 2. The Labute approximate surface area is 142 Å². The van der Waals surface area contributed by atoms with Crippen LogP contribution in [0.3, 0.4) is 0 Å². The topological polar surface area (TPSA) is 93.2 Å². The quantitative estimate of drug-likeness (QED) is 0.356. The minimum Gasteiger partial charge on any atom is -0.458 e. The lowest BCUT2D eigenvalue weighted by atomic mass is 10.1. The van der Waals surface area contributed by atoms with Crippen molar-refractivity contribution in [2.24, 2.45) is 0 Å². The zero-order valence-corrected chi connectivity index (χ0v) is 13.1. The fourth-order valence-corrected chi connectivity index (χ4v) is 2.00. The van der Waals surface area contributed by atoms with Crippen LogP contribution < -0.4 is 0 Å². The van der Waals surface area contributed by atoms with E-state index in [-0.39, 0.29) is 17.3 Å². The van der Waals surface area contributed by atoms with Crippen molar-refractivity contribution in [1.29, 1.82) is 5.26 Å². The van der Waals surface area contributed by atoms with E-state index in [1.807, 2.05) is 6.07 Å². The summed E-state index contributed by atoms with van der Waals surface area (Å²) in [5.74, 6) is -0.586. The largest absolute Gasteiger partial charge is 0.458 e. The van der Waals surface area contributed by atoms with E-state index in [1.165, 1.54) is 24.3 Å². The van der Waals surface area contributed by atoms with Crippen LogP contribution in [0.15, 0.2) is 48.5 Å². The predicted octanol–water partition coefficient (Wildman–Crippen LogP) is 3.88. The molecular weight excluding hydrogens is 332 g/mol. The maximum absolute atomic E-state index is 11.7. The summed E-state index contributed by atoms with van der Waals surface area (Å²) in [6, 6.07) is 12.9. The van der Waals surface area contributed by atoms with Crippen molar-refractivity contribution >= 4 is 29.3 Å². The second-order valence-electron chi connectivity index (χ2n) is 4.72. The van der Waals surface area contributed by atoms with Gasteiger partial charge in [0.25, 0.3) is 5.69 Å². The van der Waals surface area contributed by atoms with Gasteiger partial charge in [-0.2, -0.15) is 5.26 Å². The molecule has 0 spiro atoms. The zero-order chi connectivity index (χ0) is 17.5. The molecule has 0 unspecified atom stereocenters. The number of carbonyl (C=O) groups is 1. The van der Waals surface area contributed by atoms with Gasteiger partial charge in [-0.1, -0.05) is 29.8 Å². The average molecular weight is 343 g/mol. The summed E-state index contributed by atoms with van der Waals surface area (Å²) in [5.41, 5.74) is 1.50. The number of ether oxygens (including phenoxy) is 1. The van der Waals surface area contributed by atoms with Gasteiger partial charge in [0.15, 0.2) is 0 Å². The Balaban J connectivity index is 1.96. The van der Waals surface area contributed by atoms with Crippen LogP contribution in [0, 0.1) is 21.4 Å². The summed E-state index contributed by atoms with van der Waals surface area (Å²) in [5, 5.41) is 19.5. The van der Waals surface area contributed by atoms with Crippen LogP contribution >= 0.6 is 11.6 Å². The van der Waals surface area contributed by atoms with Gasteiger partial charge in [-0.05, 0) is 35.4 Å². The molecule has 0 aromatic heterocycles. The zero-order valence-electron chi connectivity index (χ0n) is 12.3. The first kappa shape index (κ1) is 17.2. The van der Waals surface area contributed by atoms with E-state index in [0.29, 0.717) is 11.1 Å². The monoisotopic (exact) mass is 342 g/mol. The standard InChI is InChI=1S/C17H11ClN2O4/c18-15-7-5-12(9-16(15)20(22)23)6-8-17(21)24-11-14-3-1-13(10-19)2-4-14/h1-9H,11H2/b8-6+. The Kier molecular flexibility index (Phi) is 5.66. The molecule has 0 aliphatic heterocycles. The number of esters is 1. The highest BCUT2D eigenvalue weighted by atomic mass is 35.5. The molecule has 0 amide bonds. The van der Waals surface area contributed by atoms with E-state index in [1.54, 1.807) is 30.3 Å². The molecule has 2 aromatic carbocycles. The van der Waals surface area contributed by atoms with E-state index in [4.69, 9.17) is 21.6 Å². The molecule has 2 aromatic rings. The molecule has 24 heavy (non-hydrogen) atoms. The fraction of sp³-hybridized carbons (Fsp3) is 0.0588. The lowest BCUT2D eigenvalue weighted by Crippen LogP contribution is -2.00. The molecule has 0 saturated carbocycles. The predicted molar refractivity (Wildman–Crippen MR) is 88.1 cm³/mol. The molecular formula is C17H11ClN2O4. The molecule has 0 aliphatic rings. The van der Waals surface area contributed by atoms with Gasteiger partial charge in [0, 0.05) is 12.1 Å². The summed E-state index contributed by atoms with van der Waals surface area (Å²) in [7, 11) is 0. The SMILES string of the molecule is N#Cc1ccc(COC(=O)/C=C/c2ccc(Cl)c([N+](=O)[O-])c2)cc1. The Morgan fingerprint density at radius 3 is 2.62 bits per heavy atom. The van der Waals surface area contributed by atoms with Crippen molar-refractivity contribution in [3.8, 4) is 6.07 Å². The third-order valence-electron chi connectivity index (χ3n) is 3.04. The smallest absolute Gasteiger partial charge is 0.331 e. The van der Waals surface area contributed by atoms with Crippen molar-refractivity contribution in [2.75, 3.05) is 0 Å². The number of nitro benzene ring substituents is 1. The van der Waals surface area contributed by atoms with Gasteiger partial charge in [0.05, 0.1) is 16.6 Å². The van der Waals surface area contributed by atoms with Gasteiger partial charge < -0.3 is 4.74 Å². The fourth-order valence-electron chi connectivity index (χ4n) is 1.82. The number of nitro groups is 1. The van der Waals surface area contributed by atoms with Crippen molar-refractivity contribution in [1.82, 2.24) is 0 Å². The van der Waals surface area contributed by atoms with E-state index in [2.05, 4.69) is 0 Å². The number of hydrogen-bond donors (Lipinski definition) is 0. The Bertz CT molecular complexity index is 839. The molecule has 7 heteroatoms. The minimum absolute atomic E-state index is 0.0283. The maximum Gasteiger partial charge on any atom is 0.331 e. The molecule has 0 N–H and O–H groups in total. The van der Waals surface area contributed by atoms with E-state index < -0.39 is 10.9 Å². The number of halogens is 1. The Morgan fingerprint density at radius 2 is 2.00 bits per heavy atom. The first-order valence-corrected chi connectivity index (χ1v) is 7.15. The van der Waals surface area contributed by atoms with Crippen LogP contribution in [0.5, 0.6) is 0 Å². The molecule has 0 heterocycles. The molecule has 120 valence electrons. The average Bonchev–Trinajstić information content (AvgIpc) is 2.59. The third-order valence-corrected chi connectivity index (χ3v) is 3.36. The van der Waals surface area contributed by atoms with Gasteiger partial charge in [-0.15, -0.1) is 0 Å². The summed E-state index contributed by atoms with van der Waals surface area (Å²) in [4.78, 5) is 21.9. The molecule has 0 saturated heterocycles. The van der Waals surface area contributed by atoms with Crippen LogP contribution in [0.4, 0.5) is 5.69 Å². The summed E-state index contributed by atoms with van der Waals surface area (Å²) < 4.78 is 5.06. The van der Waals surface area contributed by atoms with Crippen molar-refractivity contribution in [3.63, 3.8) is 0 Å². The Hall–Kier alpha value is -3.17. The number of carbonyl (C=O) groups excluding carboxylic acids is 1. The van der Waals surface area contributed by atoms with E-state index >= 15 is 0 Å². The van der Waals surface area contributed by atoms with Gasteiger partial charge in [0.2, 0.25) is 0 Å². The second kappa shape index (κ2) is 7.90. The highest BCUT2D eigenvalue weighted by Gasteiger charge is 2.11. The molecule has 0 fully saturated rings. The normalized spacial score (nSPS) is 10.3. The number of nitriles is 1. The third kappa shape index (κ3) is 4.66. The van der Waals surface area contributed by atoms with Gasteiger partial charge in [-0.25, -0.2) is 4.79 Å². The number of hydrogen-bond acceptors (Lipinski definition) is 5. The van der Waals surface area contributed by atoms with Crippen molar-refractivity contribution < 1.29 is 14.5 Å². The lowest BCUT2D eigenvalue weighted by molar-refractivity contribution is -0.384.